The van der Waals surface area contributed by atoms with Crippen molar-refractivity contribution in [3.8, 4) is 0 Å². The van der Waals surface area contributed by atoms with Gasteiger partial charge in [-0.05, 0) is 46.6 Å². The number of ether oxygens (including phenoxy) is 2. The molecule has 1 N–H and O–H groups in total. The van der Waals surface area contributed by atoms with Gasteiger partial charge < -0.3 is 14.8 Å². The monoisotopic (exact) mass is 300 g/mol. The average Bonchev–Trinajstić information content (AvgIpc) is 2.51. The van der Waals surface area contributed by atoms with Gasteiger partial charge in [0.2, 0.25) is 0 Å². The van der Waals surface area contributed by atoms with E-state index in [0.717, 1.165) is 52.1 Å². The highest BCUT2D eigenvalue weighted by molar-refractivity contribution is 4.97. The van der Waals surface area contributed by atoms with Crippen LogP contribution in [0.25, 0.3) is 0 Å². The average molecular weight is 300 g/mol. The van der Waals surface area contributed by atoms with Crippen LogP contribution in [0.4, 0.5) is 0 Å². The quantitative estimate of drug-likeness (QED) is 0.710. The van der Waals surface area contributed by atoms with E-state index >= 15 is 0 Å². The summed E-state index contributed by atoms with van der Waals surface area (Å²) >= 11 is 0. The maximum absolute atomic E-state index is 5.60. The van der Waals surface area contributed by atoms with Crippen LogP contribution in [0.5, 0.6) is 0 Å². The fourth-order valence-electron chi connectivity index (χ4n) is 3.24. The van der Waals surface area contributed by atoms with Crippen LogP contribution in [-0.2, 0) is 9.47 Å². The van der Waals surface area contributed by atoms with Gasteiger partial charge in [-0.3, -0.25) is 4.90 Å². The van der Waals surface area contributed by atoms with Crippen molar-refractivity contribution in [3.63, 3.8) is 0 Å². The Balaban J connectivity index is 2.77. The third-order valence-electron chi connectivity index (χ3n) is 5.24. The van der Waals surface area contributed by atoms with E-state index in [4.69, 9.17) is 9.47 Å². The van der Waals surface area contributed by atoms with Gasteiger partial charge in [0.1, 0.15) is 0 Å². The third-order valence-corrected chi connectivity index (χ3v) is 5.24. The SMILES string of the molecule is CCNC(CCC(C)(C)OC)C(C)(CC)N1CCOCC1. The van der Waals surface area contributed by atoms with Crippen LogP contribution >= 0.6 is 0 Å². The Kier molecular flexibility index (Phi) is 7.62. The molecule has 0 amide bonds. The Labute approximate surface area is 131 Å². The smallest absolute Gasteiger partial charge is 0.0623 e. The molecular formula is C17H36N2O2. The molecule has 126 valence electrons. The topological polar surface area (TPSA) is 33.7 Å². The summed E-state index contributed by atoms with van der Waals surface area (Å²) < 4.78 is 11.1. The summed E-state index contributed by atoms with van der Waals surface area (Å²) in [4.78, 5) is 2.61. The van der Waals surface area contributed by atoms with Gasteiger partial charge in [0, 0.05) is 31.8 Å². The van der Waals surface area contributed by atoms with Crippen molar-refractivity contribution in [3.05, 3.63) is 0 Å². The molecule has 1 heterocycles. The molecule has 1 rings (SSSR count). The number of hydrogen-bond acceptors (Lipinski definition) is 4. The van der Waals surface area contributed by atoms with Crippen molar-refractivity contribution >= 4 is 0 Å². The maximum atomic E-state index is 5.60. The zero-order valence-corrected chi connectivity index (χ0v) is 15.0. The number of hydrogen-bond donors (Lipinski definition) is 1. The number of likely N-dealkylation sites (N-methyl/N-ethyl adjacent to an activating group) is 1. The van der Waals surface area contributed by atoms with E-state index in [1.165, 1.54) is 0 Å². The van der Waals surface area contributed by atoms with Crippen LogP contribution in [0.15, 0.2) is 0 Å². The van der Waals surface area contributed by atoms with Gasteiger partial charge >= 0.3 is 0 Å². The maximum Gasteiger partial charge on any atom is 0.0623 e. The first kappa shape index (κ1) is 18.9. The van der Waals surface area contributed by atoms with E-state index in [-0.39, 0.29) is 11.1 Å². The highest BCUT2D eigenvalue weighted by Crippen LogP contribution is 2.29. The van der Waals surface area contributed by atoms with Crippen LogP contribution < -0.4 is 5.32 Å². The summed E-state index contributed by atoms with van der Waals surface area (Å²) in [6.07, 6.45) is 3.36. The molecule has 0 aliphatic carbocycles. The van der Waals surface area contributed by atoms with Gasteiger partial charge in [0.05, 0.1) is 18.8 Å². The van der Waals surface area contributed by atoms with Gasteiger partial charge in [-0.1, -0.05) is 13.8 Å². The Bertz CT molecular complexity index is 291. The van der Waals surface area contributed by atoms with Crippen molar-refractivity contribution in [1.82, 2.24) is 10.2 Å². The summed E-state index contributed by atoms with van der Waals surface area (Å²) in [5.74, 6) is 0. The van der Waals surface area contributed by atoms with Gasteiger partial charge in [-0.15, -0.1) is 0 Å². The molecule has 0 saturated carbocycles. The lowest BCUT2D eigenvalue weighted by molar-refractivity contribution is -0.0399. The van der Waals surface area contributed by atoms with E-state index in [0.29, 0.717) is 6.04 Å². The number of rotatable bonds is 9. The van der Waals surface area contributed by atoms with E-state index in [1.807, 2.05) is 7.11 Å². The van der Waals surface area contributed by atoms with Gasteiger partial charge in [-0.2, -0.15) is 0 Å². The second-order valence-electron chi connectivity index (χ2n) is 6.92. The fourth-order valence-corrected chi connectivity index (χ4v) is 3.24. The number of morpholine rings is 1. The standard InChI is InChI=1S/C17H36N2O2/c1-7-17(5,19-11-13-21-14-12-19)15(18-8-2)9-10-16(3,4)20-6/h15,18H,7-14H2,1-6H3. The molecule has 1 fully saturated rings. The van der Waals surface area contributed by atoms with E-state index in [9.17, 15) is 0 Å². The number of nitrogens with zero attached hydrogens (tertiary/aromatic N) is 1. The van der Waals surface area contributed by atoms with Gasteiger partial charge in [0.15, 0.2) is 0 Å². The molecule has 1 aliphatic heterocycles. The lowest BCUT2D eigenvalue weighted by atomic mass is 9.82. The van der Waals surface area contributed by atoms with Crippen LogP contribution in [0.2, 0.25) is 0 Å². The van der Waals surface area contributed by atoms with Crippen LogP contribution in [0.1, 0.15) is 53.9 Å². The lowest BCUT2D eigenvalue weighted by Gasteiger charge is -2.48. The Morgan fingerprint density at radius 3 is 2.29 bits per heavy atom. The van der Waals surface area contributed by atoms with Gasteiger partial charge in [0.25, 0.3) is 0 Å². The van der Waals surface area contributed by atoms with E-state index in [2.05, 4.69) is 44.8 Å². The second-order valence-corrected chi connectivity index (χ2v) is 6.92. The van der Waals surface area contributed by atoms with Crippen molar-refractivity contribution in [1.29, 1.82) is 0 Å². The zero-order chi connectivity index (χ0) is 15.9. The molecule has 0 aromatic rings. The normalized spacial score (nSPS) is 22.0. The van der Waals surface area contributed by atoms with E-state index < -0.39 is 0 Å². The molecule has 0 spiro atoms. The van der Waals surface area contributed by atoms with Crippen molar-refractivity contribution in [2.75, 3.05) is 40.0 Å². The first-order valence-electron chi connectivity index (χ1n) is 8.51. The fraction of sp³-hybridized carbons (Fsp3) is 1.00. The molecule has 1 aliphatic rings. The molecular weight excluding hydrogens is 264 g/mol. The summed E-state index contributed by atoms with van der Waals surface area (Å²) in [5, 5.41) is 3.73. The predicted molar refractivity (Wildman–Crippen MR) is 88.9 cm³/mol. The minimum absolute atomic E-state index is 0.0483. The largest absolute Gasteiger partial charge is 0.379 e. The molecule has 4 nitrogen and oxygen atoms in total. The molecule has 2 unspecified atom stereocenters. The highest BCUT2D eigenvalue weighted by atomic mass is 16.5. The van der Waals surface area contributed by atoms with Crippen molar-refractivity contribution in [2.24, 2.45) is 0 Å². The minimum atomic E-state index is -0.0483. The molecule has 0 radical (unpaired) electrons. The molecule has 0 bridgehead atoms. The Hall–Kier alpha value is -0.160. The van der Waals surface area contributed by atoms with Crippen LogP contribution in [-0.4, -0.2) is 62.0 Å². The summed E-state index contributed by atoms with van der Waals surface area (Å²) in [6, 6.07) is 0.486. The molecule has 21 heavy (non-hydrogen) atoms. The molecule has 0 aromatic heterocycles. The predicted octanol–water partition coefficient (Wildman–Crippen LogP) is 2.67. The lowest BCUT2D eigenvalue weighted by Crippen LogP contribution is -2.62. The first-order valence-corrected chi connectivity index (χ1v) is 8.51. The van der Waals surface area contributed by atoms with E-state index in [1.54, 1.807) is 0 Å². The molecule has 0 aromatic carbocycles. The van der Waals surface area contributed by atoms with Crippen molar-refractivity contribution < 1.29 is 9.47 Å². The number of nitrogens with one attached hydrogen (secondary N) is 1. The van der Waals surface area contributed by atoms with Gasteiger partial charge in [-0.25, -0.2) is 0 Å². The summed E-state index contributed by atoms with van der Waals surface area (Å²) in [6.45, 7) is 16.1. The Morgan fingerprint density at radius 1 is 1.19 bits per heavy atom. The second kappa shape index (κ2) is 8.47. The van der Waals surface area contributed by atoms with Crippen LogP contribution in [0, 0.1) is 0 Å². The highest BCUT2D eigenvalue weighted by Gasteiger charge is 2.39. The summed E-state index contributed by atoms with van der Waals surface area (Å²) in [5.41, 5.74) is 0.136. The molecule has 1 saturated heterocycles. The molecule has 4 heteroatoms. The number of methoxy groups -OCH3 is 1. The first-order chi connectivity index (χ1) is 9.89. The third kappa shape index (κ3) is 5.20. The van der Waals surface area contributed by atoms with Crippen molar-refractivity contribution in [2.45, 2.75) is 71.1 Å². The molecule has 2 atom stereocenters. The summed E-state index contributed by atoms with van der Waals surface area (Å²) in [7, 11) is 1.81. The Morgan fingerprint density at radius 2 is 1.81 bits per heavy atom. The van der Waals surface area contributed by atoms with Crippen LogP contribution in [0.3, 0.4) is 0 Å². The minimum Gasteiger partial charge on any atom is -0.379 e. The zero-order valence-electron chi connectivity index (χ0n) is 15.0.